The van der Waals surface area contributed by atoms with Crippen molar-refractivity contribution in [3.8, 4) is 0 Å². The van der Waals surface area contributed by atoms with Gasteiger partial charge in [-0.15, -0.1) is 0 Å². The normalized spacial score (nSPS) is 32.0. The number of aliphatic hydroxyl groups is 4. The highest BCUT2D eigenvalue weighted by molar-refractivity contribution is 8.14. The number of ether oxygens (including phenoxy) is 1. The summed E-state index contributed by atoms with van der Waals surface area (Å²) in [6.07, 6.45) is -8.76. The van der Waals surface area contributed by atoms with E-state index in [0.717, 1.165) is 6.20 Å². The molecule has 160 valence electrons. The maximum Gasteiger partial charge on any atom is 0.466 e. The third-order valence-electron chi connectivity index (χ3n) is 3.85. The van der Waals surface area contributed by atoms with E-state index in [1.54, 1.807) is 0 Å². The summed E-state index contributed by atoms with van der Waals surface area (Å²) in [4.78, 5) is 2.53. The molecule has 6 N–H and O–H groups in total. The molecule has 1 saturated heterocycles. The molecule has 0 saturated carbocycles. The Hall–Kier alpha value is -1.71. The van der Waals surface area contributed by atoms with Crippen LogP contribution in [0.4, 0.5) is 0 Å². The maximum absolute atomic E-state index is 11.1. The van der Waals surface area contributed by atoms with Crippen molar-refractivity contribution in [3.63, 3.8) is 0 Å². The van der Waals surface area contributed by atoms with Gasteiger partial charge in [0.1, 0.15) is 34.9 Å². The molecule has 2 heterocycles. The van der Waals surface area contributed by atoms with E-state index >= 15 is 0 Å². The lowest BCUT2D eigenvalue weighted by molar-refractivity contribution is -0.205. The van der Waals surface area contributed by atoms with Crippen molar-refractivity contribution in [2.75, 3.05) is 6.61 Å². The Labute approximate surface area is 178 Å². The SMILES string of the molecule is [2H]c1c([2H])c([2H])c2c(C([2H])([2H])/C(=N\OS(=O)(=O)O)S[C@@H]3O[C@H](CO)[C@@H](O)[C@H](O)[C@H]3O)c[nH]c2c1[2H]. The zero-order valence-electron chi connectivity index (χ0n) is 20.3. The predicted molar refractivity (Wildman–Crippen MR) is 103 cm³/mol. The van der Waals surface area contributed by atoms with Gasteiger partial charge >= 0.3 is 10.4 Å². The van der Waals surface area contributed by atoms with E-state index in [2.05, 4.69) is 14.4 Å². The van der Waals surface area contributed by atoms with Crippen LogP contribution in [-0.2, 0) is 25.8 Å². The fraction of sp³-hybridized carbons (Fsp3) is 0.438. The second-order valence-electron chi connectivity index (χ2n) is 5.79. The van der Waals surface area contributed by atoms with E-state index in [9.17, 15) is 28.8 Å². The van der Waals surface area contributed by atoms with Gasteiger partial charge in [0.15, 0.2) is 0 Å². The highest BCUT2D eigenvalue weighted by atomic mass is 32.3. The van der Waals surface area contributed by atoms with Crippen LogP contribution in [0.5, 0.6) is 0 Å². The van der Waals surface area contributed by atoms with Crippen molar-refractivity contribution in [1.29, 1.82) is 0 Å². The maximum atomic E-state index is 11.1. The number of thioether (sulfide) groups is 1. The zero-order chi connectivity index (χ0) is 26.5. The lowest BCUT2D eigenvalue weighted by atomic mass is 10.0. The lowest BCUT2D eigenvalue weighted by Gasteiger charge is -2.39. The molecule has 0 aliphatic carbocycles. The lowest BCUT2D eigenvalue weighted by Crippen LogP contribution is -2.57. The number of nitrogens with zero attached hydrogens (tertiary/aromatic N) is 1. The summed E-state index contributed by atoms with van der Waals surface area (Å²) in [5.41, 5.74) is -2.24. The molecule has 1 fully saturated rings. The highest BCUT2D eigenvalue weighted by Gasteiger charge is 2.44. The van der Waals surface area contributed by atoms with Crippen LogP contribution in [-0.4, -0.2) is 79.9 Å². The van der Waals surface area contributed by atoms with E-state index in [1.807, 2.05) is 0 Å². The van der Waals surface area contributed by atoms with Crippen LogP contribution in [0.3, 0.4) is 0 Å². The van der Waals surface area contributed by atoms with Crippen molar-refractivity contribution in [2.24, 2.45) is 5.16 Å². The molecule has 0 radical (unpaired) electrons. The number of benzene rings is 1. The fourth-order valence-electron chi connectivity index (χ4n) is 2.48. The molecule has 0 bridgehead atoms. The summed E-state index contributed by atoms with van der Waals surface area (Å²) in [7, 11) is -5.24. The number of aliphatic hydroxyl groups excluding tert-OH is 4. The van der Waals surface area contributed by atoms with Gasteiger partial charge in [0.25, 0.3) is 0 Å². The molecule has 2 aromatic rings. The molecule has 1 aliphatic rings. The van der Waals surface area contributed by atoms with Crippen LogP contribution in [0.25, 0.3) is 10.9 Å². The zero-order valence-corrected chi connectivity index (χ0v) is 15.9. The topological polar surface area (TPSA) is 182 Å². The first-order valence-corrected chi connectivity index (χ1v) is 10.2. The number of aromatic nitrogens is 1. The number of fused-ring (bicyclic) bond motifs is 1. The van der Waals surface area contributed by atoms with Crippen molar-refractivity contribution in [3.05, 3.63) is 35.9 Å². The summed E-state index contributed by atoms with van der Waals surface area (Å²) in [5.74, 6) is 0. The number of nitrogens with one attached hydrogen (secondary N) is 1. The molecule has 0 spiro atoms. The molecular formula is C16H20N2O9S2. The van der Waals surface area contributed by atoms with E-state index in [-0.39, 0.29) is 22.7 Å². The number of hydrogen-bond acceptors (Lipinski definition) is 10. The third kappa shape index (κ3) is 5.26. The number of H-pyrrole nitrogens is 1. The van der Waals surface area contributed by atoms with E-state index < -0.39 is 88.0 Å². The average molecular weight is 455 g/mol. The van der Waals surface area contributed by atoms with Crippen molar-refractivity contribution in [1.82, 2.24) is 4.98 Å². The van der Waals surface area contributed by atoms with E-state index in [0.29, 0.717) is 0 Å². The summed E-state index contributed by atoms with van der Waals surface area (Å²) >= 11 is 0.185. The molecule has 1 aliphatic heterocycles. The minimum absolute atomic E-state index is 0.164. The molecule has 11 nitrogen and oxygen atoms in total. The van der Waals surface area contributed by atoms with Gasteiger partial charge in [-0.05, 0) is 11.6 Å². The summed E-state index contributed by atoms with van der Waals surface area (Å²) in [5, 5.41) is 41.5. The third-order valence-corrected chi connectivity index (χ3v) is 5.13. The number of hydrogen-bond donors (Lipinski definition) is 6. The fourth-order valence-corrected chi connectivity index (χ4v) is 3.67. The molecule has 29 heavy (non-hydrogen) atoms. The molecular weight excluding hydrogens is 428 g/mol. The molecule has 3 rings (SSSR count). The monoisotopic (exact) mass is 454 g/mol. The Kier molecular flexibility index (Phi) is 4.69. The van der Waals surface area contributed by atoms with Crippen molar-refractivity contribution in [2.45, 2.75) is 36.2 Å². The Bertz CT molecular complexity index is 1260. The minimum Gasteiger partial charge on any atom is -0.394 e. The smallest absolute Gasteiger partial charge is 0.394 e. The van der Waals surface area contributed by atoms with Gasteiger partial charge in [-0.25, -0.2) is 4.28 Å². The minimum atomic E-state index is -5.24. The van der Waals surface area contributed by atoms with Gasteiger partial charge in [0.05, 0.1) is 12.1 Å². The number of rotatable bonds is 6. The number of oxime groups is 1. The Morgan fingerprint density at radius 2 is 2.03 bits per heavy atom. The summed E-state index contributed by atoms with van der Waals surface area (Å²) in [6.45, 7) is -0.804. The predicted octanol–water partition coefficient (Wildman–Crippen LogP) is -0.624. The molecule has 1 aromatic carbocycles. The number of para-hydroxylation sites is 1. The highest BCUT2D eigenvalue weighted by Crippen LogP contribution is 2.31. The molecule has 0 unspecified atom stereocenters. The van der Waals surface area contributed by atoms with Gasteiger partial charge < -0.3 is 30.1 Å². The molecule has 5 atom stereocenters. The quantitative estimate of drug-likeness (QED) is 0.142. The first kappa shape index (κ1) is 15.1. The Morgan fingerprint density at radius 1 is 1.31 bits per heavy atom. The largest absolute Gasteiger partial charge is 0.466 e. The second-order valence-corrected chi connectivity index (χ2v) is 7.88. The van der Waals surface area contributed by atoms with Gasteiger partial charge in [-0.2, -0.15) is 8.42 Å². The van der Waals surface area contributed by atoms with Crippen LogP contribution < -0.4 is 0 Å². The first-order valence-electron chi connectivity index (χ1n) is 10.9. The van der Waals surface area contributed by atoms with Crippen molar-refractivity contribution < 1.29 is 50.6 Å². The van der Waals surface area contributed by atoms with Gasteiger partial charge in [-0.1, -0.05) is 35.0 Å². The molecule has 13 heteroatoms. The average Bonchev–Trinajstić information content (AvgIpc) is 3.24. The van der Waals surface area contributed by atoms with E-state index in [1.165, 1.54) is 0 Å². The Balaban J connectivity index is 2.13. The van der Waals surface area contributed by atoms with Crippen LogP contribution in [0.15, 0.2) is 35.5 Å². The van der Waals surface area contributed by atoms with Gasteiger partial charge in [0, 0.05) is 26.2 Å². The summed E-state index contributed by atoms with van der Waals surface area (Å²) in [6, 6.07) is -2.38. The first-order chi connectivity index (χ1) is 16.1. The Morgan fingerprint density at radius 3 is 2.72 bits per heavy atom. The van der Waals surface area contributed by atoms with Crippen LogP contribution in [0.2, 0.25) is 0 Å². The number of aromatic amines is 1. The standard InChI is InChI=1S/C16H20N2O9S2/c19-7-11-13(20)14(21)15(22)16(26-11)28-12(18-27-29(23,24)25)5-8-6-17-10-4-2-1-3-9(8)10/h1-4,6,11,13-17,19-22H,5,7H2,(H,23,24,25)/b18-12+/t11-,13-,14+,15-,16+/m1/s1/i1D,2D,3D,4D,5D2. The van der Waals surface area contributed by atoms with Gasteiger partial charge in [0.2, 0.25) is 0 Å². The molecule has 1 aromatic heterocycles. The van der Waals surface area contributed by atoms with Crippen LogP contribution in [0, 0.1) is 0 Å². The van der Waals surface area contributed by atoms with E-state index in [4.69, 9.17) is 17.5 Å². The van der Waals surface area contributed by atoms with Crippen LogP contribution >= 0.6 is 11.8 Å². The molecule has 0 amide bonds. The van der Waals surface area contributed by atoms with Crippen LogP contribution in [0.1, 0.15) is 13.8 Å². The van der Waals surface area contributed by atoms with Gasteiger partial charge in [-0.3, -0.25) is 4.55 Å². The van der Waals surface area contributed by atoms with Crippen molar-refractivity contribution >= 4 is 38.1 Å². The summed E-state index contributed by atoms with van der Waals surface area (Å²) < 4.78 is 89.2. The second kappa shape index (κ2) is 8.97.